The molecule has 0 atom stereocenters. The lowest BCUT2D eigenvalue weighted by molar-refractivity contribution is 0.423. The average Bonchev–Trinajstić information content (AvgIpc) is 2.54. The van der Waals surface area contributed by atoms with Crippen LogP contribution in [-0.4, -0.2) is 10.2 Å². The average molecular weight is 369 g/mol. The number of hydrogen-bond acceptors (Lipinski definition) is 2. The molecular formula is C25H36O2. The molecule has 0 saturated carbocycles. The predicted molar refractivity (Wildman–Crippen MR) is 115 cm³/mol. The fourth-order valence-corrected chi connectivity index (χ4v) is 3.49. The van der Waals surface area contributed by atoms with Gasteiger partial charge in [-0.05, 0) is 64.0 Å². The lowest BCUT2D eigenvalue weighted by Crippen LogP contribution is -2.18. The van der Waals surface area contributed by atoms with Gasteiger partial charge < -0.3 is 10.2 Å². The zero-order valence-electron chi connectivity index (χ0n) is 18.1. The van der Waals surface area contributed by atoms with E-state index in [0.717, 1.165) is 42.4 Å². The third-order valence-electron chi connectivity index (χ3n) is 5.14. The monoisotopic (exact) mass is 368 g/mol. The maximum Gasteiger partial charge on any atom is 0.123 e. The minimum absolute atomic E-state index is 0.124. The molecule has 2 nitrogen and oxygen atoms in total. The summed E-state index contributed by atoms with van der Waals surface area (Å²) < 4.78 is 0. The van der Waals surface area contributed by atoms with Crippen molar-refractivity contribution in [3.05, 3.63) is 58.1 Å². The van der Waals surface area contributed by atoms with Gasteiger partial charge in [-0.2, -0.15) is 0 Å². The van der Waals surface area contributed by atoms with Crippen molar-refractivity contribution in [1.29, 1.82) is 0 Å². The van der Waals surface area contributed by atoms with Crippen LogP contribution >= 0.6 is 0 Å². The first-order valence-electron chi connectivity index (χ1n) is 10.1. The summed E-state index contributed by atoms with van der Waals surface area (Å²) >= 11 is 0. The molecule has 0 aromatic heterocycles. The van der Waals surface area contributed by atoms with Crippen molar-refractivity contribution in [1.82, 2.24) is 0 Å². The van der Waals surface area contributed by atoms with Crippen molar-refractivity contribution in [2.45, 2.75) is 85.0 Å². The van der Waals surface area contributed by atoms with Gasteiger partial charge in [0.15, 0.2) is 0 Å². The Morgan fingerprint density at radius 2 is 1.33 bits per heavy atom. The van der Waals surface area contributed by atoms with E-state index in [1.807, 2.05) is 12.1 Å². The molecular weight excluding hydrogens is 332 g/mol. The normalized spacial score (nSPS) is 12.4. The van der Waals surface area contributed by atoms with Gasteiger partial charge >= 0.3 is 0 Å². The second kappa shape index (κ2) is 7.96. The number of aromatic hydroxyl groups is 2. The van der Waals surface area contributed by atoms with Crippen molar-refractivity contribution in [3.63, 3.8) is 0 Å². The summed E-state index contributed by atoms with van der Waals surface area (Å²) in [5, 5.41) is 21.0. The van der Waals surface area contributed by atoms with Gasteiger partial charge in [-0.1, -0.05) is 79.2 Å². The number of hydrogen-bond donors (Lipinski definition) is 2. The van der Waals surface area contributed by atoms with Gasteiger partial charge in [0.25, 0.3) is 0 Å². The summed E-state index contributed by atoms with van der Waals surface area (Å²) in [4.78, 5) is 0. The smallest absolute Gasteiger partial charge is 0.123 e. The lowest BCUT2D eigenvalue weighted by atomic mass is 9.78. The zero-order valence-corrected chi connectivity index (χ0v) is 18.1. The van der Waals surface area contributed by atoms with Crippen LogP contribution in [0.1, 0.15) is 89.1 Å². The molecule has 2 rings (SSSR count). The van der Waals surface area contributed by atoms with Crippen LogP contribution in [0.5, 0.6) is 11.5 Å². The number of aryl methyl sites for hydroxylation is 1. The van der Waals surface area contributed by atoms with E-state index < -0.39 is 0 Å². The van der Waals surface area contributed by atoms with Crippen LogP contribution in [0.15, 0.2) is 30.3 Å². The highest BCUT2D eigenvalue weighted by atomic mass is 16.3. The lowest BCUT2D eigenvalue weighted by Gasteiger charge is -2.28. The molecule has 148 valence electrons. The molecule has 2 N–H and O–H groups in total. The standard InChI is InChI=1S/C25H36O2/c1-8-9-10-19-14-17(11-12-22(19)26)13-18-15-20(24(2,3)4)23(27)21(16-18)25(5,6)7/h11-12,14-16,26-27H,8-10,13H2,1-7H3. The maximum atomic E-state index is 10.9. The molecule has 0 bridgehead atoms. The van der Waals surface area contributed by atoms with Crippen molar-refractivity contribution in [2.75, 3.05) is 0 Å². The second-order valence-corrected chi connectivity index (χ2v) is 9.78. The number of rotatable bonds is 5. The Balaban J connectivity index is 2.47. The summed E-state index contributed by atoms with van der Waals surface area (Å²) in [5.74, 6) is 0.816. The summed E-state index contributed by atoms with van der Waals surface area (Å²) in [6.45, 7) is 15.0. The van der Waals surface area contributed by atoms with E-state index >= 15 is 0 Å². The highest BCUT2D eigenvalue weighted by Crippen LogP contribution is 2.40. The number of phenolic OH excluding ortho intramolecular Hbond substituents is 2. The number of unbranched alkanes of at least 4 members (excludes halogenated alkanes) is 1. The third-order valence-corrected chi connectivity index (χ3v) is 5.14. The first-order chi connectivity index (χ1) is 12.4. The molecule has 2 aromatic rings. The van der Waals surface area contributed by atoms with E-state index in [0.29, 0.717) is 11.5 Å². The fraction of sp³-hybridized carbons (Fsp3) is 0.520. The highest BCUT2D eigenvalue weighted by molar-refractivity contribution is 5.51. The minimum atomic E-state index is -0.124. The zero-order chi connectivity index (χ0) is 20.4. The first kappa shape index (κ1) is 21.3. The molecule has 0 aliphatic heterocycles. The topological polar surface area (TPSA) is 40.5 Å². The highest BCUT2D eigenvalue weighted by Gasteiger charge is 2.26. The summed E-state index contributed by atoms with van der Waals surface area (Å²) in [6.07, 6.45) is 3.90. The van der Waals surface area contributed by atoms with Crippen LogP contribution in [0.4, 0.5) is 0 Å². The van der Waals surface area contributed by atoms with E-state index in [9.17, 15) is 10.2 Å². The molecule has 0 heterocycles. The summed E-state index contributed by atoms with van der Waals surface area (Å²) in [6, 6.07) is 10.2. The molecule has 0 unspecified atom stereocenters. The molecule has 2 aromatic carbocycles. The number of benzene rings is 2. The molecule has 0 fully saturated rings. The van der Waals surface area contributed by atoms with Gasteiger partial charge in [-0.3, -0.25) is 0 Å². The Bertz CT molecular complexity index is 754. The minimum Gasteiger partial charge on any atom is -0.508 e. The van der Waals surface area contributed by atoms with Crippen molar-refractivity contribution < 1.29 is 10.2 Å². The van der Waals surface area contributed by atoms with Crippen LogP contribution in [0.3, 0.4) is 0 Å². The Morgan fingerprint density at radius 1 is 0.778 bits per heavy atom. The molecule has 0 spiro atoms. The van der Waals surface area contributed by atoms with Gasteiger partial charge in [0.1, 0.15) is 11.5 Å². The molecule has 0 saturated heterocycles. The van der Waals surface area contributed by atoms with Crippen LogP contribution in [0, 0.1) is 0 Å². The maximum absolute atomic E-state index is 10.9. The van der Waals surface area contributed by atoms with Crippen LogP contribution in [0.2, 0.25) is 0 Å². The van der Waals surface area contributed by atoms with Gasteiger partial charge in [-0.25, -0.2) is 0 Å². The van der Waals surface area contributed by atoms with Gasteiger partial charge in [0, 0.05) is 0 Å². The third kappa shape index (κ3) is 5.28. The van der Waals surface area contributed by atoms with Crippen molar-refractivity contribution >= 4 is 0 Å². The van der Waals surface area contributed by atoms with Crippen molar-refractivity contribution in [2.24, 2.45) is 0 Å². The van der Waals surface area contributed by atoms with E-state index in [4.69, 9.17) is 0 Å². The molecule has 0 amide bonds. The molecule has 27 heavy (non-hydrogen) atoms. The van der Waals surface area contributed by atoms with E-state index in [-0.39, 0.29) is 10.8 Å². The Kier molecular flexibility index (Phi) is 6.29. The molecule has 0 aliphatic carbocycles. The second-order valence-electron chi connectivity index (χ2n) is 9.78. The van der Waals surface area contributed by atoms with Crippen molar-refractivity contribution in [3.8, 4) is 11.5 Å². The van der Waals surface area contributed by atoms with E-state index in [1.165, 1.54) is 11.1 Å². The fourth-order valence-electron chi connectivity index (χ4n) is 3.49. The Morgan fingerprint density at radius 3 is 1.81 bits per heavy atom. The van der Waals surface area contributed by atoms with E-state index in [2.05, 4.69) is 66.7 Å². The van der Waals surface area contributed by atoms with Crippen LogP contribution < -0.4 is 0 Å². The Labute approximate surface area is 165 Å². The first-order valence-corrected chi connectivity index (χ1v) is 10.1. The summed E-state index contributed by atoms with van der Waals surface area (Å²) in [5.41, 5.74) is 5.17. The molecule has 2 heteroatoms. The van der Waals surface area contributed by atoms with Gasteiger partial charge in [-0.15, -0.1) is 0 Å². The van der Waals surface area contributed by atoms with Gasteiger partial charge in [0.05, 0.1) is 0 Å². The predicted octanol–water partition coefficient (Wildman–Crippen LogP) is 6.63. The van der Waals surface area contributed by atoms with Gasteiger partial charge in [0.2, 0.25) is 0 Å². The summed E-state index contributed by atoms with van der Waals surface area (Å²) in [7, 11) is 0. The largest absolute Gasteiger partial charge is 0.508 e. The quantitative estimate of drug-likeness (QED) is 0.622. The SMILES string of the molecule is CCCCc1cc(Cc2cc(C(C)(C)C)c(O)c(C(C)(C)C)c2)ccc1O. The van der Waals surface area contributed by atoms with Crippen LogP contribution in [0.25, 0.3) is 0 Å². The van der Waals surface area contributed by atoms with Crippen LogP contribution in [-0.2, 0) is 23.7 Å². The number of phenols is 2. The Hall–Kier alpha value is -1.96. The molecule has 0 aliphatic rings. The van der Waals surface area contributed by atoms with E-state index in [1.54, 1.807) is 0 Å². The molecule has 0 radical (unpaired) electrons.